The van der Waals surface area contributed by atoms with Gasteiger partial charge in [0.2, 0.25) is 0 Å². The van der Waals surface area contributed by atoms with Crippen LogP contribution in [0.4, 0.5) is 22.1 Å². The first-order chi connectivity index (χ1) is 22.8. The number of hydrogen-bond donors (Lipinski definition) is 1. The summed E-state index contributed by atoms with van der Waals surface area (Å²) in [5, 5.41) is 11.1. The quantitative estimate of drug-likeness (QED) is 0.211. The van der Waals surface area contributed by atoms with Crippen molar-refractivity contribution in [2.75, 3.05) is 16.8 Å². The number of nitrogens with zero attached hydrogens (tertiary/aromatic N) is 1. The normalized spacial score (nSPS) is 13.0. The summed E-state index contributed by atoms with van der Waals surface area (Å²) in [6.45, 7) is 0.814. The van der Waals surface area contributed by atoms with Gasteiger partial charge in [-0.3, -0.25) is 0 Å². The Balaban J connectivity index is 1.10. The fourth-order valence-corrected chi connectivity index (χ4v) is 9.12. The van der Waals surface area contributed by atoms with Crippen molar-refractivity contribution in [3.05, 3.63) is 145 Å². The SMILES string of the molecule is C1=C(c2ccc(N(c3ccc4c(c3)oc3ccccc34)c3ccc4c(c3)sc3ccccc34)cc2)CNc2sc3ccccc3c21. The van der Waals surface area contributed by atoms with E-state index in [9.17, 15) is 0 Å². The van der Waals surface area contributed by atoms with Gasteiger partial charge in [0.15, 0.2) is 0 Å². The van der Waals surface area contributed by atoms with E-state index in [0.29, 0.717) is 0 Å². The van der Waals surface area contributed by atoms with Gasteiger partial charge >= 0.3 is 0 Å². The molecule has 46 heavy (non-hydrogen) atoms. The average molecular weight is 627 g/mol. The van der Waals surface area contributed by atoms with Crippen LogP contribution in [0.5, 0.6) is 0 Å². The van der Waals surface area contributed by atoms with E-state index in [1.165, 1.54) is 52.0 Å². The lowest BCUT2D eigenvalue weighted by Gasteiger charge is -2.26. The third-order valence-electron chi connectivity index (χ3n) is 9.13. The van der Waals surface area contributed by atoms with Crippen molar-refractivity contribution in [3.63, 3.8) is 0 Å². The van der Waals surface area contributed by atoms with Crippen LogP contribution in [0, 0.1) is 0 Å². The summed E-state index contributed by atoms with van der Waals surface area (Å²) in [5.41, 5.74) is 8.90. The highest BCUT2D eigenvalue weighted by Gasteiger charge is 2.19. The molecule has 0 saturated heterocycles. The molecule has 5 heteroatoms. The summed E-state index contributed by atoms with van der Waals surface area (Å²) in [7, 11) is 0. The molecule has 0 radical (unpaired) electrons. The van der Waals surface area contributed by atoms with Gasteiger partial charge in [-0.1, -0.05) is 72.8 Å². The molecule has 1 aliphatic rings. The molecule has 0 aliphatic carbocycles. The third kappa shape index (κ3) is 4.02. The van der Waals surface area contributed by atoms with Gasteiger partial charge in [0.25, 0.3) is 0 Å². The summed E-state index contributed by atoms with van der Waals surface area (Å²) < 4.78 is 10.2. The lowest BCUT2D eigenvalue weighted by atomic mass is 9.99. The van der Waals surface area contributed by atoms with Crippen molar-refractivity contribution in [2.45, 2.75) is 0 Å². The second-order valence-electron chi connectivity index (χ2n) is 11.8. The maximum atomic E-state index is 6.34. The number of furan rings is 1. The highest BCUT2D eigenvalue weighted by Crippen LogP contribution is 2.44. The molecule has 10 rings (SSSR count). The minimum atomic E-state index is 0.814. The van der Waals surface area contributed by atoms with Crippen LogP contribution in [0.3, 0.4) is 0 Å². The first-order valence-corrected chi connectivity index (χ1v) is 17.1. The molecule has 9 aromatic rings. The average Bonchev–Trinajstić information content (AvgIpc) is 3.79. The van der Waals surface area contributed by atoms with E-state index < -0.39 is 0 Å². The van der Waals surface area contributed by atoms with Crippen LogP contribution in [-0.2, 0) is 0 Å². The molecule has 218 valence electrons. The fraction of sp³-hybridized carbons (Fsp3) is 0.0244. The zero-order valence-electron chi connectivity index (χ0n) is 24.7. The van der Waals surface area contributed by atoms with Crippen LogP contribution in [0.1, 0.15) is 11.1 Å². The van der Waals surface area contributed by atoms with Gasteiger partial charge in [-0.05, 0) is 71.8 Å². The Hall–Kier alpha value is -5.36. The molecule has 0 unspecified atom stereocenters. The van der Waals surface area contributed by atoms with Crippen molar-refractivity contribution in [3.8, 4) is 0 Å². The summed E-state index contributed by atoms with van der Waals surface area (Å²) in [6, 6.07) is 48.0. The van der Waals surface area contributed by atoms with E-state index in [-0.39, 0.29) is 0 Å². The summed E-state index contributed by atoms with van der Waals surface area (Å²) in [6.07, 6.45) is 2.36. The zero-order valence-corrected chi connectivity index (χ0v) is 26.3. The number of thiophene rings is 2. The molecular formula is C41H26N2OS2. The van der Waals surface area contributed by atoms with Crippen LogP contribution in [-0.4, -0.2) is 6.54 Å². The maximum Gasteiger partial charge on any atom is 0.137 e. The van der Waals surface area contributed by atoms with E-state index in [1.54, 1.807) is 0 Å². The number of rotatable bonds is 4. The minimum Gasteiger partial charge on any atom is -0.456 e. The monoisotopic (exact) mass is 626 g/mol. The van der Waals surface area contributed by atoms with Crippen molar-refractivity contribution >= 4 is 109 Å². The first-order valence-electron chi connectivity index (χ1n) is 15.5. The van der Waals surface area contributed by atoms with Gasteiger partial charge in [0.05, 0.1) is 5.00 Å². The first kappa shape index (κ1) is 25.9. The number of hydrogen-bond acceptors (Lipinski definition) is 5. The topological polar surface area (TPSA) is 28.4 Å². The predicted molar refractivity (Wildman–Crippen MR) is 199 cm³/mol. The molecule has 1 N–H and O–H groups in total. The van der Waals surface area contributed by atoms with Gasteiger partial charge < -0.3 is 14.6 Å². The largest absolute Gasteiger partial charge is 0.456 e. The Labute approximate surface area is 273 Å². The molecule has 0 saturated carbocycles. The summed E-state index contributed by atoms with van der Waals surface area (Å²) in [4.78, 5) is 2.35. The Morgan fingerprint density at radius 3 is 2.00 bits per heavy atom. The van der Waals surface area contributed by atoms with Crippen molar-refractivity contribution in [1.82, 2.24) is 0 Å². The number of fused-ring (bicyclic) bond motifs is 9. The maximum absolute atomic E-state index is 6.34. The van der Waals surface area contributed by atoms with Crippen LogP contribution in [0.2, 0.25) is 0 Å². The summed E-state index contributed by atoms with van der Waals surface area (Å²) >= 11 is 3.68. The highest BCUT2D eigenvalue weighted by molar-refractivity contribution is 7.25. The van der Waals surface area contributed by atoms with Crippen LogP contribution >= 0.6 is 22.7 Å². The Kier molecular flexibility index (Phi) is 5.68. The fourth-order valence-electron chi connectivity index (χ4n) is 6.91. The molecular weight excluding hydrogens is 601 g/mol. The van der Waals surface area contributed by atoms with Gasteiger partial charge in [-0.2, -0.15) is 0 Å². The van der Waals surface area contributed by atoms with E-state index in [0.717, 1.165) is 45.5 Å². The molecule has 1 aliphatic heterocycles. The predicted octanol–water partition coefficient (Wildman–Crippen LogP) is 12.6. The van der Waals surface area contributed by atoms with E-state index in [4.69, 9.17) is 4.42 Å². The standard InChI is InChI=1S/C41H26N2OS2/c1-4-10-36-30(7-1)31-19-17-28(22-37(31)44-36)43(29-18-20-34-32-8-2-5-11-38(32)45-40(34)23-29)27-15-13-25(14-16-27)26-21-35-33-9-3-6-12-39(33)46-41(35)42-24-26/h1-23,42H,24H2. The van der Waals surface area contributed by atoms with Crippen LogP contribution in [0.15, 0.2) is 138 Å². The van der Waals surface area contributed by atoms with Crippen LogP contribution < -0.4 is 10.2 Å². The molecule has 3 nitrogen and oxygen atoms in total. The molecule has 0 fully saturated rings. The van der Waals surface area contributed by atoms with Crippen LogP contribution in [0.25, 0.3) is 63.8 Å². The highest BCUT2D eigenvalue weighted by atomic mass is 32.1. The van der Waals surface area contributed by atoms with Crippen molar-refractivity contribution in [2.24, 2.45) is 0 Å². The molecule has 6 aromatic carbocycles. The molecule has 0 spiro atoms. The van der Waals surface area contributed by atoms with Crippen molar-refractivity contribution < 1.29 is 4.42 Å². The molecule has 4 heterocycles. The van der Waals surface area contributed by atoms with E-state index >= 15 is 0 Å². The van der Waals surface area contributed by atoms with Crippen molar-refractivity contribution in [1.29, 1.82) is 0 Å². The lowest BCUT2D eigenvalue weighted by molar-refractivity contribution is 0.669. The minimum absolute atomic E-state index is 0.814. The molecule has 0 atom stereocenters. The second kappa shape index (κ2) is 10.1. The van der Waals surface area contributed by atoms with E-state index in [1.807, 2.05) is 34.8 Å². The lowest BCUT2D eigenvalue weighted by Crippen LogP contribution is -2.11. The number of nitrogens with one attached hydrogen (secondary N) is 1. The van der Waals surface area contributed by atoms with E-state index in [2.05, 4.69) is 138 Å². The Morgan fingerprint density at radius 1 is 0.522 bits per heavy atom. The Morgan fingerprint density at radius 2 is 1.15 bits per heavy atom. The molecule has 0 amide bonds. The second-order valence-corrected chi connectivity index (χ2v) is 13.9. The smallest absolute Gasteiger partial charge is 0.137 e. The van der Waals surface area contributed by atoms with Gasteiger partial charge in [-0.25, -0.2) is 0 Å². The molecule has 3 aromatic heterocycles. The number of para-hydroxylation sites is 1. The van der Waals surface area contributed by atoms with Gasteiger partial charge in [0, 0.05) is 76.3 Å². The summed E-state index contributed by atoms with van der Waals surface area (Å²) in [5.74, 6) is 0. The number of benzene rings is 6. The zero-order chi connectivity index (χ0) is 30.2. The van der Waals surface area contributed by atoms with Gasteiger partial charge in [-0.15, -0.1) is 22.7 Å². The number of anilines is 4. The molecule has 0 bridgehead atoms. The Bertz CT molecular complexity index is 2540. The third-order valence-corrected chi connectivity index (χ3v) is 11.4. The van der Waals surface area contributed by atoms with Gasteiger partial charge in [0.1, 0.15) is 11.2 Å².